The summed E-state index contributed by atoms with van der Waals surface area (Å²) in [7, 11) is 0. The number of rotatable bonds is 3. The van der Waals surface area contributed by atoms with Crippen molar-refractivity contribution in [1.29, 1.82) is 0 Å². The first kappa shape index (κ1) is 13.4. The van der Waals surface area contributed by atoms with Crippen molar-refractivity contribution < 1.29 is 9.18 Å². The molecule has 0 aliphatic carbocycles. The number of hydrogen-bond donors (Lipinski definition) is 0. The number of ketones is 1. The van der Waals surface area contributed by atoms with Gasteiger partial charge in [-0.3, -0.25) is 4.79 Å². The molecule has 16 heavy (non-hydrogen) atoms. The fourth-order valence-corrected chi connectivity index (χ4v) is 2.46. The molecule has 1 nitrogen and oxygen atoms in total. The van der Waals surface area contributed by atoms with Gasteiger partial charge in [0.2, 0.25) is 0 Å². The molecule has 0 aliphatic rings. The summed E-state index contributed by atoms with van der Waals surface area (Å²) in [6, 6.07) is 6.55. The average Bonchev–Trinajstić information content (AvgIpc) is 2.19. The Balaban J connectivity index is 2.76. The van der Waals surface area contributed by atoms with E-state index in [2.05, 4.69) is 15.9 Å². The number of hydrogen-bond acceptors (Lipinski definition) is 1. The van der Waals surface area contributed by atoms with E-state index in [1.165, 1.54) is 6.07 Å². The highest BCUT2D eigenvalue weighted by Gasteiger charge is 2.28. The van der Waals surface area contributed by atoms with E-state index >= 15 is 0 Å². The Morgan fingerprint density at radius 3 is 2.44 bits per heavy atom. The zero-order valence-corrected chi connectivity index (χ0v) is 11.3. The first-order valence-corrected chi connectivity index (χ1v) is 6.15. The number of Topliss-reactive ketones (excluding diaryl/α,β-unsaturated/α-hetero) is 1. The summed E-state index contributed by atoms with van der Waals surface area (Å²) >= 11 is 3.33. The molecule has 1 unspecified atom stereocenters. The summed E-state index contributed by atoms with van der Waals surface area (Å²) in [6.07, 6.45) is 0.392. The zero-order chi connectivity index (χ0) is 12.3. The van der Waals surface area contributed by atoms with Crippen molar-refractivity contribution >= 4 is 21.7 Å². The molecule has 1 atom stereocenters. The number of carbonyl (C=O) groups is 1. The Morgan fingerprint density at radius 1 is 1.38 bits per heavy atom. The second-order valence-corrected chi connectivity index (χ2v) is 5.98. The Morgan fingerprint density at radius 2 is 1.94 bits per heavy atom. The van der Waals surface area contributed by atoms with Crippen LogP contribution in [0.3, 0.4) is 0 Å². The van der Waals surface area contributed by atoms with E-state index in [1.807, 2.05) is 20.8 Å². The number of benzene rings is 1. The summed E-state index contributed by atoms with van der Waals surface area (Å²) in [5.41, 5.74) is 0.168. The fourth-order valence-electron chi connectivity index (χ4n) is 1.42. The molecule has 0 spiro atoms. The van der Waals surface area contributed by atoms with Gasteiger partial charge < -0.3 is 0 Å². The minimum absolute atomic E-state index is 0.0933. The van der Waals surface area contributed by atoms with Gasteiger partial charge in [0.25, 0.3) is 0 Å². The van der Waals surface area contributed by atoms with Crippen LogP contribution in [0.2, 0.25) is 0 Å². The van der Waals surface area contributed by atoms with Gasteiger partial charge in [0, 0.05) is 5.41 Å². The molecule has 0 saturated heterocycles. The molecule has 1 aromatic rings. The van der Waals surface area contributed by atoms with Crippen LogP contribution >= 0.6 is 15.9 Å². The van der Waals surface area contributed by atoms with Crippen LogP contribution in [-0.2, 0) is 11.2 Å². The Bertz CT molecular complexity index is 382. The molecule has 0 aromatic heterocycles. The maximum atomic E-state index is 13.4. The number of halogens is 2. The lowest BCUT2D eigenvalue weighted by atomic mass is 9.87. The minimum atomic E-state index is -0.403. The van der Waals surface area contributed by atoms with E-state index in [4.69, 9.17) is 0 Å². The molecule has 0 fully saturated rings. The number of carbonyl (C=O) groups excluding carboxylic acids is 1. The molecule has 0 bridgehead atoms. The molecule has 0 radical (unpaired) electrons. The molecule has 1 rings (SSSR count). The van der Waals surface area contributed by atoms with Crippen LogP contribution in [0, 0.1) is 11.2 Å². The van der Waals surface area contributed by atoms with Gasteiger partial charge in [0.15, 0.2) is 5.78 Å². The van der Waals surface area contributed by atoms with Crippen molar-refractivity contribution in [3.05, 3.63) is 35.6 Å². The molecule has 0 aliphatic heterocycles. The van der Waals surface area contributed by atoms with Gasteiger partial charge in [0.05, 0.1) is 4.83 Å². The van der Waals surface area contributed by atoms with E-state index in [0.29, 0.717) is 12.0 Å². The lowest BCUT2D eigenvalue weighted by Crippen LogP contribution is -2.30. The second kappa shape index (κ2) is 5.09. The van der Waals surface area contributed by atoms with Gasteiger partial charge in [-0.05, 0) is 18.1 Å². The third-order valence-electron chi connectivity index (χ3n) is 2.38. The summed E-state index contributed by atoms with van der Waals surface area (Å²) in [6.45, 7) is 5.60. The smallest absolute Gasteiger partial charge is 0.152 e. The van der Waals surface area contributed by atoms with E-state index < -0.39 is 5.41 Å². The first-order chi connectivity index (χ1) is 7.32. The standard InChI is InChI=1S/C13H16BrFO/c1-13(2,3)12(16)10(14)8-9-6-4-5-7-11(9)15/h4-7,10H,8H2,1-3H3. The highest BCUT2D eigenvalue weighted by Crippen LogP contribution is 2.23. The van der Waals surface area contributed by atoms with Gasteiger partial charge in [0.1, 0.15) is 5.82 Å². The fraction of sp³-hybridized carbons (Fsp3) is 0.462. The maximum Gasteiger partial charge on any atom is 0.152 e. The quantitative estimate of drug-likeness (QED) is 0.774. The maximum absolute atomic E-state index is 13.4. The number of alkyl halides is 1. The van der Waals surface area contributed by atoms with Crippen molar-refractivity contribution in [3.63, 3.8) is 0 Å². The van der Waals surface area contributed by atoms with Crippen LogP contribution in [0.5, 0.6) is 0 Å². The van der Waals surface area contributed by atoms with Crippen LogP contribution in [0.1, 0.15) is 26.3 Å². The van der Waals surface area contributed by atoms with Crippen molar-refractivity contribution in [2.75, 3.05) is 0 Å². The molecule has 0 amide bonds. The van der Waals surface area contributed by atoms with Crippen LogP contribution in [0.4, 0.5) is 4.39 Å². The van der Waals surface area contributed by atoms with E-state index in [1.54, 1.807) is 18.2 Å². The normalized spacial score (nSPS) is 13.6. The average molecular weight is 287 g/mol. The van der Waals surface area contributed by atoms with E-state index in [9.17, 15) is 9.18 Å². The van der Waals surface area contributed by atoms with Crippen LogP contribution < -0.4 is 0 Å². The Labute approximate surface area is 104 Å². The van der Waals surface area contributed by atoms with Crippen LogP contribution in [0.15, 0.2) is 24.3 Å². The van der Waals surface area contributed by atoms with Gasteiger partial charge in [-0.1, -0.05) is 54.9 Å². The van der Waals surface area contributed by atoms with Gasteiger partial charge in [-0.2, -0.15) is 0 Å². The monoisotopic (exact) mass is 286 g/mol. The molecule has 0 N–H and O–H groups in total. The summed E-state index contributed by atoms with van der Waals surface area (Å²) in [4.78, 5) is 11.6. The third-order valence-corrected chi connectivity index (χ3v) is 3.12. The summed E-state index contributed by atoms with van der Waals surface area (Å²) in [5, 5.41) is 0. The van der Waals surface area contributed by atoms with Crippen molar-refractivity contribution in [2.24, 2.45) is 5.41 Å². The largest absolute Gasteiger partial charge is 0.298 e. The molecule has 0 saturated carbocycles. The molecule has 3 heteroatoms. The Kier molecular flexibility index (Phi) is 4.25. The van der Waals surface area contributed by atoms with Gasteiger partial charge in [-0.15, -0.1) is 0 Å². The first-order valence-electron chi connectivity index (χ1n) is 5.24. The predicted octanol–water partition coefficient (Wildman–Crippen LogP) is 3.75. The van der Waals surface area contributed by atoms with Gasteiger partial charge >= 0.3 is 0 Å². The molecule has 1 aromatic carbocycles. The van der Waals surface area contributed by atoms with Crippen molar-refractivity contribution in [2.45, 2.75) is 32.0 Å². The summed E-state index contributed by atoms with van der Waals surface area (Å²) < 4.78 is 13.4. The van der Waals surface area contributed by atoms with Crippen LogP contribution in [0.25, 0.3) is 0 Å². The molecule has 0 heterocycles. The lowest BCUT2D eigenvalue weighted by Gasteiger charge is -2.20. The topological polar surface area (TPSA) is 17.1 Å². The van der Waals surface area contributed by atoms with E-state index in [-0.39, 0.29) is 16.4 Å². The molecular formula is C13H16BrFO. The third kappa shape index (κ3) is 3.41. The van der Waals surface area contributed by atoms with Crippen molar-refractivity contribution in [3.8, 4) is 0 Å². The lowest BCUT2D eigenvalue weighted by molar-refractivity contribution is -0.125. The minimum Gasteiger partial charge on any atom is -0.298 e. The molecule has 88 valence electrons. The highest BCUT2D eigenvalue weighted by molar-refractivity contribution is 9.10. The highest BCUT2D eigenvalue weighted by atomic mass is 79.9. The SMILES string of the molecule is CC(C)(C)C(=O)C(Br)Cc1ccccc1F. The van der Waals surface area contributed by atoms with Crippen molar-refractivity contribution in [1.82, 2.24) is 0 Å². The van der Waals surface area contributed by atoms with Crippen LogP contribution in [-0.4, -0.2) is 10.6 Å². The van der Waals surface area contributed by atoms with Gasteiger partial charge in [-0.25, -0.2) is 4.39 Å². The zero-order valence-electron chi connectivity index (χ0n) is 9.76. The second-order valence-electron chi connectivity index (χ2n) is 4.88. The molecular weight excluding hydrogens is 271 g/mol. The summed E-state index contributed by atoms with van der Waals surface area (Å²) in [5.74, 6) is -0.163. The Hall–Kier alpha value is -0.700. The van der Waals surface area contributed by atoms with E-state index in [0.717, 1.165) is 0 Å². The predicted molar refractivity (Wildman–Crippen MR) is 67.3 cm³/mol.